The number of aryl methyl sites for hydroxylation is 1. The van der Waals surface area contributed by atoms with Crippen LogP contribution in [0.4, 0.5) is 0 Å². The summed E-state index contributed by atoms with van der Waals surface area (Å²) in [6.45, 7) is 10.0. The molecule has 2 saturated heterocycles. The topological polar surface area (TPSA) is 35.6 Å². The molecule has 4 nitrogen and oxygen atoms in total. The first-order valence-electron chi connectivity index (χ1n) is 8.92. The molecule has 0 spiro atoms. The van der Waals surface area contributed by atoms with Gasteiger partial charge in [-0.25, -0.2) is 0 Å². The predicted octanol–water partition coefficient (Wildman–Crippen LogP) is 2.45. The van der Waals surface area contributed by atoms with Crippen LogP contribution in [-0.4, -0.2) is 54.5 Å². The van der Waals surface area contributed by atoms with Crippen LogP contribution in [0.3, 0.4) is 0 Å². The van der Waals surface area contributed by atoms with Crippen LogP contribution in [0.15, 0.2) is 24.3 Å². The summed E-state index contributed by atoms with van der Waals surface area (Å²) < 4.78 is 0. The fourth-order valence-corrected chi connectivity index (χ4v) is 3.81. The predicted molar refractivity (Wildman–Crippen MR) is 100 cm³/mol. The highest BCUT2D eigenvalue weighted by Crippen LogP contribution is 2.20. The first-order chi connectivity index (χ1) is 11.1. The lowest BCUT2D eigenvalue weighted by Gasteiger charge is -2.38. The van der Waals surface area contributed by atoms with E-state index in [2.05, 4.69) is 53.2 Å². The van der Waals surface area contributed by atoms with Gasteiger partial charge in [0.25, 0.3) is 0 Å². The quantitative estimate of drug-likeness (QED) is 0.908. The number of benzene rings is 1. The van der Waals surface area contributed by atoms with Crippen molar-refractivity contribution in [3.8, 4) is 0 Å². The largest absolute Gasteiger partial charge is 0.340 e. The van der Waals surface area contributed by atoms with Crippen LogP contribution >= 0.6 is 12.4 Å². The second-order valence-corrected chi connectivity index (χ2v) is 7.17. The highest BCUT2D eigenvalue weighted by atomic mass is 35.5. The van der Waals surface area contributed by atoms with Gasteiger partial charge in [-0.3, -0.25) is 9.69 Å². The second kappa shape index (κ2) is 8.84. The Balaban J connectivity index is 0.00000208. The van der Waals surface area contributed by atoms with Gasteiger partial charge in [-0.05, 0) is 38.8 Å². The summed E-state index contributed by atoms with van der Waals surface area (Å²) in [6.07, 6.45) is 1.98. The van der Waals surface area contributed by atoms with E-state index in [0.717, 1.165) is 52.1 Å². The lowest BCUT2D eigenvalue weighted by molar-refractivity contribution is -0.138. The molecule has 0 saturated carbocycles. The molecule has 1 aromatic carbocycles. The normalized spacial score (nSPS) is 25.2. The number of amides is 1. The average molecular weight is 352 g/mol. The van der Waals surface area contributed by atoms with Crippen molar-refractivity contribution in [1.82, 2.24) is 15.1 Å². The van der Waals surface area contributed by atoms with E-state index in [9.17, 15) is 4.79 Å². The fraction of sp³-hybridized carbons (Fsp3) is 0.632. The number of hydrogen-bond donors (Lipinski definition) is 1. The van der Waals surface area contributed by atoms with Crippen LogP contribution in [0.2, 0.25) is 0 Å². The minimum absolute atomic E-state index is 0. The summed E-state index contributed by atoms with van der Waals surface area (Å²) in [4.78, 5) is 17.2. The second-order valence-electron chi connectivity index (χ2n) is 7.17. The fourth-order valence-electron chi connectivity index (χ4n) is 3.81. The molecule has 0 aromatic heterocycles. The van der Waals surface area contributed by atoms with Crippen LogP contribution in [0.1, 0.15) is 30.9 Å². The molecule has 0 bridgehead atoms. The third-order valence-electron chi connectivity index (χ3n) is 5.15. The van der Waals surface area contributed by atoms with Gasteiger partial charge in [0, 0.05) is 44.7 Å². The van der Waals surface area contributed by atoms with Gasteiger partial charge in [-0.1, -0.05) is 29.8 Å². The van der Waals surface area contributed by atoms with Crippen molar-refractivity contribution >= 4 is 18.3 Å². The Hall–Kier alpha value is -1.10. The SMILES string of the molecule is Cc1cccc(CN2CCN(C(=O)[C@H]3CCN[C@@H](C)C3)CC2)c1.Cl. The molecule has 2 heterocycles. The molecule has 24 heavy (non-hydrogen) atoms. The Labute approximate surface area is 152 Å². The number of rotatable bonds is 3. The van der Waals surface area contributed by atoms with Gasteiger partial charge in [0.15, 0.2) is 0 Å². The smallest absolute Gasteiger partial charge is 0.225 e. The number of halogens is 1. The van der Waals surface area contributed by atoms with Crippen molar-refractivity contribution in [3.63, 3.8) is 0 Å². The van der Waals surface area contributed by atoms with Crippen molar-refractivity contribution in [1.29, 1.82) is 0 Å². The molecule has 1 amide bonds. The van der Waals surface area contributed by atoms with E-state index in [0.29, 0.717) is 11.9 Å². The van der Waals surface area contributed by atoms with E-state index in [4.69, 9.17) is 0 Å². The van der Waals surface area contributed by atoms with Crippen LogP contribution in [0, 0.1) is 12.8 Å². The number of piperazine rings is 1. The van der Waals surface area contributed by atoms with Gasteiger partial charge in [0.1, 0.15) is 0 Å². The summed E-state index contributed by atoms with van der Waals surface area (Å²) in [5, 5.41) is 3.43. The van der Waals surface area contributed by atoms with E-state index in [-0.39, 0.29) is 18.3 Å². The third kappa shape index (κ3) is 4.95. The molecule has 0 aliphatic carbocycles. The number of hydrogen-bond acceptors (Lipinski definition) is 3. The molecule has 1 aromatic rings. The van der Waals surface area contributed by atoms with Crippen LogP contribution in [0.5, 0.6) is 0 Å². The first-order valence-corrected chi connectivity index (χ1v) is 8.92. The maximum absolute atomic E-state index is 12.7. The van der Waals surface area contributed by atoms with Gasteiger partial charge in [-0.15, -0.1) is 12.4 Å². The lowest BCUT2D eigenvalue weighted by atomic mass is 9.92. The summed E-state index contributed by atoms with van der Waals surface area (Å²) in [5.74, 6) is 0.614. The third-order valence-corrected chi connectivity index (χ3v) is 5.15. The molecule has 1 N–H and O–H groups in total. The Kier molecular flexibility index (Phi) is 7.08. The number of nitrogens with one attached hydrogen (secondary N) is 1. The molecule has 0 unspecified atom stereocenters. The highest BCUT2D eigenvalue weighted by molar-refractivity contribution is 5.85. The minimum atomic E-state index is 0. The monoisotopic (exact) mass is 351 g/mol. The zero-order valence-electron chi connectivity index (χ0n) is 14.8. The minimum Gasteiger partial charge on any atom is -0.340 e. The maximum atomic E-state index is 12.7. The van der Waals surface area contributed by atoms with E-state index in [1.54, 1.807) is 0 Å². The van der Waals surface area contributed by atoms with Crippen molar-refractivity contribution in [2.75, 3.05) is 32.7 Å². The molecule has 2 aliphatic rings. The van der Waals surface area contributed by atoms with Crippen LogP contribution in [-0.2, 0) is 11.3 Å². The van der Waals surface area contributed by atoms with Gasteiger partial charge in [0.05, 0.1) is 0 Å². The van der Waals surface area contributed by atoms with Crippen LogP contribution in [0.25, 0.3) is 0 Å². The zero-order valence-corrected chi connectivity index (χ0v) is 15.6. The zero-order chi connectivity index (χ0) is 16.2. The number of nitrogens with zero attached hydrogens (tertiary/aromatic N) is 2. The molecular weight excluding hydrogens is 322 g/mol. The standard InChI is InChI=1S/C19H29N3O.ClH/c1-15-4-3-5-17(12-15)14-21-8-10-22(11-9-21)19(23)18-6-7-20-16(2)13-18;/h3-5,12,16,18,20H,6-11,13-14H2,1-2H3;1H/t16-,18-;/m0./s1. The van der Waals surface area contributed by atoms with Gasteiger partial charge < -0.3 is 10.2 Å². The summed E-state index contributed by atoms with van der Waals surface area (Å²) in [6, 6.07) is 9.19. The maximum Gasteiger partial charge on any atom is 0.225 e. The molecular formula is C19H30ClN3O. The van der Waals surface area contributed by atoms with Gasteiger partial charge >= 0.3 is 0 Å². The Morgan fingerprint density at radius 2 is 2.00 bits per heavy atom. The van der Waals surface area contributed by atoms with Gasteiger partial charge in [-0.2, -0.15) is 0 Å². The Morgan fingerprint density at radius 1 is 1.25 bits per heavy atom. The summed E-state index contributed by atoms with van der Waals surface area (Å²) >= 11 is 0. The number of carbonyl (C=O) groups excluding carboxylic acids is 1. The molecule has 5 heteroatoms. The lowest BCUT2D eigenvalue weighted by Crippen LogP contribution is -2.51. The molecule has 0 radical (unpaired) electrons. The molecule has 2 fully saturated rings. The number of piperidine rings is 1. The van der Waals surface area contributed by atoms with Crippen molar-refractivity contribution in [2.24, 2.45) is 5.92 Å². The molecule has 2 atom stereocenters. The van der Waals surface area contributed by atoms with Crippen molar-refractivity contribution in [3.05, 3.63) is 35.4 Å². The molecule has 134 valence electrons. The average Bonchev–Trinajstić information content (AvgIpc) is 2.55. The van der Waals surface area contributed by atoms with E-state index in [1.807, 2.05) is 0 Å². The summed E-state index contributed by atoms with van der Waals surface area (Å²) in [7, 11) is 0. The first kappa shape index (κ1) is 19.2. The highest BCUT2D eigenvalue weighted by Gasteiger charge is 2.30. The molecule has 2 aliphatic heterocycles. The van der Waals surface area contributed by atoms with E-state index >= 15 is 0 Å². The van der Waals surface area contributed by atoms with Crippen LogP contribution < -0.4 is 5.32 Å². The van der Waals surface area contributed by atoms with Gasteiger partial charge in [0.2, 0.25) is 5.91 Å². The number of carbonyl (C=O) groups is 1. The Bertz CT molecular complexity index is 543. The van der Waals surface area contributed by atoms with Crippen molar-refractivity contribution in [2.45, 2.75) is 39.3 Å². The molecule has 3 rings (SSSR count). The Morgan fingerprint density at radius 3 is 2.67 bits per heavy atom. The van der Waals surface area contributed by atoms with E-state index < -0.39 is 0 Å². The van der Waals surface area contributed by atoms with Crippen molar-refractivity contribution < 1.29 is 4.79 Å². The van der Waals surface area contributed by atoms with E-state index in [1.165, 1.54) is 11.1 Å². The summed E-state index contributed by atoms with van der Waals surface area (Å²) in [5.41, 5.74) is 2.69.